The Kier molecular flexibility index (Phi) is 4.74. The highest BCUT2D eigenvalue weighted by Crippen LogP contribution is 2.26. The molecule has 0 aliphatic carbocycles. The van der Waals surface area contributed by atoms with E-state index in [-0.39, 0.29) is 0 Å². The van der Waals surface area contributed by atoms with Gasteiger partial charge in [0.1, 0.15) is 10.9 Å². The Hall–Kier alpha value is -3.35. The van der Waals surface area contributed by atoms with E-state index >= 15 is 0 Å². The SMILES string of the molecule is COc1ccc(-c2nc(Cl)c3cc(C#Cc4ccccc4)ccc3n2)cc1. The number of halogens is 1. The smallest absolute Gasteiger partial charge is 0.161 e. The first kappa shape index (κ1) is 17.1. The molecule has 4 aromatic rings. The first-order valence-corrected chi connectivity index (χ1v) is 8.79. The maximum absolute atomic E-state index is 6.44. The summed E-state index contributed by atoms with van der Waals surface area (Å²) in [5.74, 6) is 7.67. The fourth-order valence-corrected chi connectivity index (χ4v) is 2.94. The van der Waals surface area contributed by atoms with Crippen LogP contribution in [0.15, 0.2) is 72.8 Å². The average molecular weight is 371 g/mol. The highest BCUT2D eigenvalue weighted by atomic mass is 35.5. The number of hydrogen-bond acceptors (Lipinski definition) is 3. The van der Waals surface area contributed by atoms with Crippen molar-refractivity contribution in [2.75, 3.05) is 7.11 Å². The second-order valence-electron chi connectivity index (χ2n) is 5.91. The molecule has 0 radical (unpaired) electrons. The summed E-state index contributed by atoms with van der Waals surface area (Å²) < 4.78 is 5.19. The fraction of sp³-hybridized carbons (Fsp3) is 0.0435. The molecular formula is C23H15ClN2O. The van der Waals surface area contributed by atoms with E-state index in [0.29, 0.717) is 11.0 Å². The molecule has 0 spiro atoms. The third kappa shape index (κ3) is 3.76. The lowest BCUT2D eigenvalue weighted by molar-refractivity contribution is 0.415. The molecule has 0 amide bonds. The molecule has 0 aliphatic rings. The summed E-state index contributed by atoms with van der Waals surface area (Å²) in [4.78, 5) is 9.09. The zero-order valence-electron chi connectivity index (χ0n) is 14.6. The van der Waals surface area contributed by atoms with Crippen molar-refractivity contribution in [1.29, 1.82) is 0 Å². The van der Waals surface area contributed by atoms with E-state index in [2.05, 4.69) is 21.8 Å². The largest absolute Gasteiger partial charge is 0.497 e. The molecule has 0 unspecified atom stereocenters. The van der Waals surface area contributed by atoms with Crippen molar-refractivity contribution in [1.82, 2.24) is 9.97 Å². The Morgan fingerprint density at radius 3 is 2.30 bits per heavy atom. The Labute approximate surface area is 162 Å². The monoisotopic (exact) mass is 370 g/mol. The van der Waals surface area contributed by atoms with E-state index in [1.54, 1.807) is 7.11 Å². The molecule has 0 bridgehead atoms. The van der Waals surface area contributed by atoms with Gasteiger partial charge >= 0.3 is 0 Å². The van der Waals surface area contributed by atoms with Crippen molar-refractivity contribution in [3.05, 3.63) is 89.1 Å². The van der Waals surface area contributed by atoms with E-state index in [9.17, 15) is 0 Å². The molecule has 130 valence electrons. The van der Waals surface area contributed by atoms with E-state index in [1.165, 1.54) is 0 Å². The molecule has 0 fully saturated rings. The maximum atomic E-state index is 6.44. The second-order valence-corrected chi connectivity index (χ2v) is 6.27. The van der Waals surface area contributed by atoms with Gasteiger partial charge in [-0.25, -0.2) is 9.97 Å². The number of aromatic nitrogens is 2. The molecule has 27 heavy (non-hydrogen) atoms. The maximum Gasteiger partial charge on any atom is 0.161 e. The molecule has 0 saturated carbocycles. The van der Waals surface area contributed by atoms with Gasteiger partial charge in [0.25, 0.3) is 0 Å². The van der Waals surface area contributed by atoms with Crippen LogP contribution in [0.1, 0.15) is 11.1 Å². The first-order chi connectivity index (χ1) is 13.2. The number of hydrogen-bond donors (Lipinski definition) is 0. The summed E-state index contributed by atoms with van der Waals surface area (Å²) in [7, 11) is 1.64. The normalized spacial score (nSPS) is 10.3. The summed E-state index contributed by atoms with van der Waals surface area (Å²) in [6.45, 7) is 0. The van der Waals surface area contributed by atoms with Crippen LogP contribution in [0.5, 0.6) is 5.75 Å². The predicted octanol–water partition coefficient (Wildman–Crippen LogP) is 5.36. The van der Waals surface area contributed by atoms with Crippen LogP contribution in [0.3, 0.4) is 0 Å². The van der Waals surface area contributed by atoms with Crippen LogP contribution < -0.4 is 4.74 Å². The van der Waals surface area contributed by atoms with Crippen LogP contribution in [0.25, 0.3) is 22.3 Å². The van der Waals surface area contributed by atoms with Gasteiger partial charge in [0.05, 0.1) is 12.6 Å². The Balaban J connectivity index is 1.71. The van der Waals surface area contributed by atoms with E-state index in [4.69, 9.17) is 16.3 Å². The van der Waals surface area contributed by atoms with Gasteiger partial charge in [-0.2, -0.15) is 0 Å². The van der Waals surface area contributed by atoms with Crippen LogP contribution in [-0.2, 0) is 0 Å². The van der Waals surface area contributed by atoms with Crippen LogP contribution in [-0.4, -0.2) is 17.1 Å². The number of nitrogens with zero attached hydrogens (tertiary/aromatic N) is 2. The van der Waals surface area contributed by atoms with Crippen molar-refractivity contribution in [3.8, 4) is 29.0 Å². The number of methoxy groups -OCH3 is 1. The Morgan fingerprint density at radius 1 is 0.815 bits per heavy atom. The molecule has 0 N–H and O–H groups in total. The average Bonchev–Trinajstić information content (AvgIpc) is 2.73. The minimum absolute atomic E-state index is 0.411. The molecule has 3 nitrogen and oxygen atoms in total. The van der Waals surface area contributed by atoms with E-state index < -0.39 is 0 Å². The molecule has 0 saturated heterocycles. The summed E-state index contributed by atoms with van der Waals surface area (Å²) >= 11 is 6.44. The van der Waals surface area contributed by atoms with Gasteiger partial charge in [-0.3, -0.25) is 0 Å². The summed E-state index contributed by atoms with van der Waals surface area (Å²) in [6, 6.07) is 23.2. The van der Waals surface area contributed by atoms with Crippen LogP contribution >= 0.6 is 11.6 Å². The summed E-state index contributed by atoms with van der Waals surface area (Å²) in [6.07, 6.45) is 0. The van der Waals surface area contributed by atoms with Crippen molar-refractivity contribution in [3.63, 3.8) is 0 Å². The highest BCUT2D eigenvalue weighted by molar-refractivity contribution is 6.34. The van der Waals surface area contributed by atoms with Crippen LogP contribution in [0.4, 0.5) is 0 Å². The molecule has 1 heterocycles. The van der Waals surface area contributed by atoms with Crippen molar-refractivity contribution in [2.45, 2.75) is 0 Å². The first-order valence-electron chi connectivity index (χ1n) is 8.42. The van der Waals surface area contributed by atoms with Crippen LogP contribution in [0, 0.1) is 11.8 Å². The summed E-state index contributed by atoms with van der Waals surface area (Å²) in [5.41, 5.74) is 3.50. The molecule has 0 atom stereocenters. The Morgan fingerprint density at radius 2 is 1.56 bits per heavy atom. The fourth-order valence-electron chi connectivity index (χ4n) is 2.70. The predicted molar refractivity (Wildman–Crippen MR) is 109 cm³/mol. The highest BCUT2D eigenvalue weighted by Gasteiger charge is 2.09. The third-order valence-corrected chi connectivity index (χ3v) is 4.41. The van der Waals surface area contributed by atoms with Crippen molar-refractivity contribution in [2.24, 2.45) is 0 Å². The van der Waals surface area contributed by atoms with Gasteiger partial charge in [-0.15, -0.1) is 0 Å². The van der Waals surface area contributed by atoms with Crippen molar-refractivity contribution >= 4 is 22.5 Å². The molecule has 4 rings (SSSR count). The minimum atomic E-state index is 0.411. The zero-order chi connectivity index (χ0) is 18.6. The number of ether oxygens (including phenoxy) is 1. The lowest BCUT2D eigenvalue weighted by Crippen LogP contribution is -1.93. The van der Waals surface area contributed by atoms with Gasteiger partial charge in [-0.05, 0) is 54.6 Å². The van der Waals surface area contributed by atoms with Crippen molar-refractivity contribution < 1.29 is 4.74 Å². The topological polar surface area (TPSA) is 35.0 Å². The number of benzene rings is 3. The Bertz CT molecular complexity index is 1160. The number of rotatable bonds is 2. The van der Waals surface area contributed by atoms with Gasteiger partial charge in [0.15, 0.2) is 5.82 Å². The molecule has 4 heteroatoms. The summed E-state index contributed by atoms with van der Waals surface area (Å²) in [5, 5.41) is 1.20. The lowest BCUT2D eigenvalue weighted by atomic mass is 10.1. The number of fused-ring (bicyclic) bond motifs is 1. The molecule has 0 aliphatic heterocycles. The molecule has 1 aromatic heterocycles. The standard InChI is InChI=1S/C23H15ClN2O/c1-27-19-12-10-18(11-13-19)23-25-21-14-9-17(15-20(21)22(24)26-23)8-7-16-5-3-2-4-6-16/h2-6,9-15H,1H3. The van der Waals surface area contributed by atoms with E-state index in [0.717, 1.165) is 33.3 Å². The van der Waals surface area contributed by atoms with Gasteiger partial charge in [-0.1, -0.05) is 41.6 Å². The lowest BCUT2D eigenvalue weighted by Gasteiger charge is -2.06. The van der Waals surface area contributed by atoms with E-state index in [1.807, 2.05) is 72.8 Å². The molecule has 3 aromatic carbocycles. The minimum Gasteiger partial charge on any atom is -0.497 e. The van der Waals surface area contributed by atoms with Gasteiger partial charge in [0, 0.05) is 22.1 Å². The van der Waals surface area contributed by atoms with Crippen LogP contribution in [0.2, 0.25) is 5.15 Å². The third-order valence-electron chi connectivity index (χ3n) is 4.12. The second kappa shape index (κ2) is 7.49. The van der Waals surface area contributed by atoms with Gasteiger partial charge in [0.2, 0.25) is 0 Å². The van der Waals surface area contributed by atoms with Gasteiger partial charge < -0.3 is 4.74 Å². The quantitative estimate of drug-likeness (QED) is 0.352. The molecular weight excluding hydrogens is 356 g/mol. The zero-order valence-corrected chi connectivity index (χ0v) is 15.4.